The van der Waals surface area contributed by atoms with Gasteiger partial charge in [0.25, 0.3) is 0 Å². The van der Waals surface area contributed by atoms with Crippen molar-refractivity contribution in [3.8, 4) is 0 Å². The summed E-state index contributed by atoms with van der Waals surface area (Å²) in [5, 5.41) is 3.72. The van der Waals surface area contributed by atoms with Crippen molar-refractivity contribution in [2.75, 3.05) is 25.9 Å². The molecule has 2 atom stereocenters. The molecule has 0 saturated carbocycles. The number of nitrogens with zero attached hydrogens (tertiary/aromatic N) is 1. The third-order valence-electron chi connectivity index (χ3n) is 2.68. The normalized spacial score (nSPS) is 25.8. The summed E-state index contributed by atoms with van der Waals surface area (Å²) in [6.07, 6.45) is 1.31. The fourth-order valence-corrected chi connectivity index (χ4v) is 2.74. The van der Waals surface area contributed by atoms with Crippen LogP contribution in [0.25, 0.3) is 0 Å². The number of hydrogen-bond acceptors (Lipinski definition) is 3. The van der Waals surface area contributed by atoms with Crippen LogP contribution in [0.4, 0.5) is 0 Å². The zero-order valence-electron chi connectivity index (χ0n) is 10.8. The lowest BCUT2D eigenvalue weighted by Crippen LogP contribution is -2.39. The molecular weight excluding hydrogens is 204 g/mol. The SMILES string of the molecule is CC(CSC(C)(C)C)NC1CCN(C)C1. The highest BCUT2D eigenvalue weighted by atomic mass is 32.2. The Kier molecular flexibility index (Phi) is 4.94. The van der Waals surface area contributed by atoms with Crippen molar-refractivity contribution in [2.24, 2.45) is 0 Å². The van der Waals surface area contributed by atoms with Gasteiger partial charge < -0.3 is 10.2 Å². The molecular formula is C12H26N2S. The van der Waals surface area contributed by atoms with E-state index in [4.69, 9.17) is 0 Å². The van der Waals surface area contributed by atoms with Crippen molar-refractivity contribution < 1.29 is 0 Å². The molecule has 1 rings (SSSR count). The van der Waals surface area contributed by atoms with E-state index in [2.05, 4.69) is 45.0 Å². The molecule has 1 saturated heterocycles. The molecule has 0 aliphatic carbocycles. The van der Waals surface area contributed by atoms with Gasteiger partial charge in [0.15, 0.2) is 0 Å². The lowest BCUT2D eigenvalue weighted by molar-refractivity contribution is 0.390. The van der Waals surface area contributed by atoms with Crippen LogP contribution < -0.4 is 5.32 Å². The summed E-state index contributed by atoms with van der Waals surface area (Å²) in [6, 6.07) is 1.34. The van der Waals surface area contributed by atoms with Crippen molar-refractivity contribution in [2.45, 2.75) is 50.9 Å². The molecule has 2 nitrogen and oxygen atoms in total. The van der Waals surface area contributed by atoms with Gasteiger partial charge in [-0.15, -0.1) is 0 Å². The summed E-state index contributed by atoms with van der Waals surface area (Å²) in [5.74, 6) is 1.21. The van der Waals surface area contributed by atoms with E-state index in [1.54, 1.807) is 0 Å². The number of likely N-dealkylation sites (tertiary alicyclic amines) is 1. The minimum atomic E-state index is 0.391. The Hall–Kier alpha value is 0.270. The van der Waals surface area contributed by atoms with E-state index in [1.165, 1.54) is 25.3 Å². The van der Waals surface area contributed by atoms with Crippen LogP contribution in [-0.2, 0) is 0 Å². The van der Waals surface area contributed by atoms with Gasteiger partial charge in [0.05, 0.1) is 0 Å². The average molecular weight is 230 g/mol. The number of nitrogens with one attached hydrogen (secondary N) is 1. The Bertz CT molecular complexity index is 189. The second-order valence-corrected chi connectivity index (χ2v) is 7.59. The van der Waals surface area contributed by atoms with Gasteiger partial charge in [-0.3, -0.25) is 0 Å². The summed E-state index contributed by atoms with van der Waals surface area (Å²) in [5.41, 5.74) is 0. The summed E-state index contributed by atoms with van der Waals surface area (Å²) in [7, 11) is 2.20. The summed E-state index contributed by atoms with van der Waals surface area (Å²) in [6.45, 7) is 11.6. The standard InChI is InChI=1S/C12H26N2S/c1-10(9-15-12(2,3)4)13-11-6-7-14(5)8-11/h10-11,13H,6-9H2,1-5H3. The van der Waals surface area contributed by atoms with Gasteiger partial charge in [-0.2, -0.15) is 11.8 Å². The largest absolute Gasteiger partial charge is 0.309 e. The van der Waals surface area contributed by atoms with Crippen LogP contribution in [0.15, 0.2) is 0 Å². The molecule has 90 valence electrons. The molecule has 15 heavy (non-hydrogen) atoms. The number of rotatable bonds is 4. The Morgan fingerprint density at radius 3 is 2.60 bits per heavy atom. The molecule has 0 aromatic heterocycles. The maximum Gasteiger partial charge on any atom is 0.0209 e. The van der Waals surface area contributed by atoms with Crippen LogP contribution in [0, 0.1) is 0 Å². The Labute approximate surface area is 99.2 Å². The first-order chi connectivity index (χ1) is 6.87. The third-order valence-corrected chi connectivity index (χ3v) is 4.21. The highest BCUT2D eigenvalue weighted by Crippen LogP contribution is 2.23. The fourth-order valence-electron chi connectivity index (χ4n) is 1.90. The molecule has 1 aliphatic rings. The molecule has 0 aromatic rings. The Balaban J connectivity index is 2.16. The van der Waals surface area contributed by atoms with Crippen molar-refractivity contribution >= 4 is 11.8 Å². The molecule has 0 aromatic carbocycles. The molecule has 0 spiro atoms. The maximum atomic E-state index is 3.72. The monoisotopic (exact) mass is 230 g/mol. The third kappa shape index (κ3) is 5.79. The minimum absolute atomic E-state index is 0.391. The van der Waals surface area contributed by atoms with Gasteiger partial charge in [0.1, 0.15) is 0 Å². The molecule has 1 aliphatic heterocycles. The second kappa shape index (κ2) is 5.55. The molecule has 1 fully saturated rings. The van der Waals surface area contributed by atoms with E-state index in [0.717, 1.165) is 0 Å². The first-order valence-corrected chi connectivity index (χ1v) is 6.94. The van der Waals surface area contributed by atoms with E-state index >= 15 is 0 Å². The van der Waals surface area contributed by atoms with Gasteiger partial charge >= 0.3 is 0 Å². The predicted octanol–water partition coefficient (Wildman–Crippen LogP) is 2.20. The predicted molar refractivity (Wildman–Crippen MR) is 70.7 cm³/mol. The van der Waals surface area contributed by atoms with Gasteiger partial charge in [-0.05, 0) is 26.9 Å². The van der Waals surface area contributed by atoms with Crippen LogP contribution in [0.2, 0.25) is 0 Å². The molecule has 1 N–H and O–H groups in total. The number of hydrogen-bond donors (Lipinski definition) is 1. The first kappa shape index (κ1) is 13.3. The quantitative estimate of drug-likeness (QED) is 0.797. The zero-order chi connectivity index (χ0) is 11.5. The summed E-state index contributed by atoms with van der Waals surface area (Å²) in [4.78, 5) is 2.40. The van der Waals surface area contributed by atoms with Gasteiger partial charge in [-0.1, -0.05) is 20.8 Å². The average Bonchev–Trinajstić information content (AvgIpc) is 2.47. The van der Waals surface area contributed by atoms with Crippen molar-refractivity contribution in [3.05, 3.63) is 0 Å². The van der Waals surface area contributed by atoms with Gasteiger partial charge in [-0.25, -0.2) is 0 Å². The molecule has 3 heteroatoms. The number of likely N-dealkylation sites (N-methyl/N-ethyl adjacent to an activating group) is 1. The van der Waals surface area contributed by atoms with E-state index in [0.29, 0.717) is 16.8 Å². The van der Waals surface area contributed by atoms with E-state index < -0.39 is 0 Å². The zero-order valence-corrected chi connectivity index (χ0v) is 11.7. The fraction of sp³-hybridized carbons (Fsp3) is 1.00. The van der Waals surface area contributed by atoms with Crippen molar-refractivity contribution in [1.82, 2.24) is 10.2 Å². The molecule has 0 amide bonds. The highest BCUT2D eigenvalue weighted by Gasteiger charge is 2.21. The second-order valence-electron chi connectivity index (χ2n) is 5.74. The van der Waals surface area contributed by atoms with Crippen LogP contribution in [-0.4, -0.2) is 47.6 Å². The van der Waals surface area contributed by atoms with Gasteiger partial charge in [0.2, 0.25) is 0 Å². The van der Waals surface area contributed by atoms with Crippen LogP contribution in [0.3, 0.4) is 0 Å². The number of thioether (sulfide) groups is 1. The topological polar surface area (TPSA) is 15.3 Å². The van der Waals surface area contributed by atoms with Crippen LogP contribution in [0.5, 0.6) is 0 Å². The minimum Gasteiger partial charge on any atom is -0.309 e. The van der Waals surface area contributed by atoms with E-state index in [9.17, 15) is 0 Å². The molecule has 1 heterocycles. The van der Waals surface area contributed by atoms with Crippen molar-refractivity contribution in [3.63, 3.8) is 0 Å². The smallest absolute Gasteiger partial charge is 0.0209 e. The lowest BCUT2D eigenvalue weighted by Gasteiger charge is -2.23. The Morgan fingerprint density at radius 2 is 2.13 bits per heavy atom. The van der Waals surface area contributed by atoms with E-state index in [1.807, 2.05) is 11.8 Å². The molecule has 0 radical (unpaired) electrons. The summed E-state index contributed by atoms with van der Waals surface area (Å²) < 4.78 is 0.391. The van der Waals surface area contributed by atoms with Crippen LogP contribution >= 0.6 is 11.8 Å². The summed E-state index contributed by atoms with van der Waals surface area (Å²) >= 11 is 2.05. The van der Waals surface area contributed by atoms with Gasteiger partial charge in [0, 0.05) is 29.1 Å². The molecule has 0 bridgehead atoms. The first-order valence-electron chi connectivity index (χ1n) is 5.95. The van der Waals surface area contributed by atoms with E-state index in [-0.39, 0.29) is 0 Å². The molecule has 2 unspecified atom stereocenters. The lowest BCUT2D eigenvalue weighted by atomic mass is 10.2. The Morgan fingerprint density at radius 1 is 1.47 bits per heavy atom. The van der Waals surface area contributed by atoms with Crippen molar-refractivity contribution in [1.29, 1.82) is 0 Å². The van der Waals surface area contributed by atoms with Crippen LogP contribution in [0.1, 0.15) is 34.1 Å². The maximum absolute atomic E-state index is 3.72. The highest BCUT2D eigenvalue weighted by molar-refractivity contribution is 8.00.